The first kappa shape index (κ1) is 27.1. The Morgan fingerprint density at radius 2 is 2.05 bits per heavy atom. The number of benzene rings is 1. The number of alkyl halides is 3. The molecule has 3 fully saturated rings. The highest BCUT2D eigenvalue weighted by Gasteiger charge is 2.43. The van der Waals surface area contributed by atoms with E-state index in [0.717, 1.165) is 86.9 Å². The fraction of sp³-hybridized carbons (Fsp3) is 0.700. The Morgan fingerprint density at radius 3 is 2.79 bits per heavy atom. The summed E-state index contributed by atoms with van der Waals surface area (Å²) in [5, 5.41) is 7.44. The number of H-pyrrole nitrogens is 1. The number of halogens is 3. The van der Waals surface area contributed by atoms with Gasteiger partial charge in [-0.1, -0.05) is 6.92 Å². The maximum Gasteiger partial charge on any atom is 0.416 e. The minimum Gasteiger partial charge on any atom is -0.381 e. The number of amides is 1. The third-order valence-corrected chi connectivity index (χ3v) is 10.2. The highest BCUT2D eigenvalue weighted by molar-refractivity contribution is 5.86. The molecule has 6 rings (SSSR count). The molecule has 0 spiro atoms. The van der Waals surface area contributed by atoms with Crippen molar-refractivity contribution in [2.24, 2.45) is 17.3 Å². The van der Waals surface area contributed by atoms with Gasteiger partial charge in [-0.05, 0) is 106 Å². The fourth-order valence-electron chi connectivity index (χ4n) is 7.79. The van der Waals surface area contributed by atoms with E-state index in [1.54, 1.807) is 6.07 Å². The molecule has 1 amide bonds. The van der Waals surface area contributed by atoms with Crippen LogP contribution in [-0.4, -0.2) is 67.8 Å². The number of carbonyl (C=O) groups is 1. The number of rotatable bonds is 6. The lowest BCUT2D eigenvalue weighted by Crippen LogP contribution is -2.50. The summed E-state index contributed by atoms with van der Waals surface area (Å²) < 4.78 is 46.0. The van der Waals surface area contributed by atoms with Gasteiger partial charge >= 0.3 is 6.18 Å². The van der Waals surface area contributed by atoms with E-state index < -0.39 is 11.7 Å². The molecule has 9 heteroatoms. The summed E-state index contributed by atoms with van der Waals surface area (Å²) in [4.78, 5) is 19.4. The zero-order valence-corrected chi connectivity index (χ0v) is 22.8. The summed E-state index contributed by atoms with van der Waals surface area (Å²) in [6.07, 6.45) is 2.24. The van der Waals surface area contributed by atoms with Gasteiger partial charge in [-0.15, -0.1) is 0 Å². The Bertz CT molecular complexity index is 1180. The van der Waals surface area contributed by atoms with E-state index in [2.05, 4.69) is 27.4 Å². The van der Waals surface area contributed by atoms with Crippen LogP contribution in [0.1, 0.15) is 68.2 Å². The highest BCUT2D eigenvalue weighted by atomic mass is 19.4. The largest absolute Gasteiger partial charge is 0.416 e. The van der Waals surface area contributed by atoms with E-state index in [4.69, 9.17) is 4.74 Å². The second-order valence-corrected chi connectivity index (χ2v) is 12.4. The van der Waals surface area contributed by atoms with Gasteiger partial charge in [0.25, 0.3) is 0 Å². The van der Waals surface area contributed by atoms with Crippen molar-refractivity contribution < 1.29 is 22.7 Å². The average molecular weight is 547 g/mol. The Kier molecular flexibility index (Phi) is 7.44. The van der Waals surface area contributed by atoms with Gasteiger partial charge in [0.05, 0.1) is 11.0 Å². The van der Waals surface area contributed by atoms with Crippen LogP contribution in [-0.2, 0) is 22.1 Å². The number of piperidine rings is 1. The van der Waals surface area contributed by atoms with Crippen LogP contribution >= 0.6 is 0 Å². The Balaban J connectivity index is 1.14. The lowest BCUT2D eigenvalue weighted by molar-refractivity contribution is -0.138. The van der Waals surface area contributed by atoms with Crippen molar-refractivity contribution in [3.8, 4) is 0 Å². The van der Waals surface area contributed by atoms with Gasteiger partial charge in [-0.25, -0.2) is 0 Å². The van der Waals surface area contributed by atoms with Crippen molar-refractivity contribution in [1.82, 2.24) is 20.5 Å². The fourth-order valence-corrected chi connectivity index (χ4v) is 7.79. The molecule has 4 atom stereocenters. The van der Waals surface area contributed by atoms with Crippen LogP contribution in [0.25, 0.3) is 10.9 Å². The lowest BCUT2D eigenvalue weighted by atomic mass is 9.68. The molecule has 0 bridgehead atoms. The number of hydrogen-bond acceptors (Lipinski definition) is 4. The van der Waals surface area contributed by atoms with E-state index in [9.17, 15) is 18.0 Å². The smallest absolute Gasteiger partial charge is 0.381 e. The SMILES string of the molecule is C[C@H]1c2c([nH]c3ccc(C(F)(F)F)cc23)CC2CCN(CCC3(C(=O)NCC4CCCN4)CCOCC3)C[C@@H]21. The first-order valence-corrected chi connectivity index (χ1v) is 14.8. The average Bonchev–Trinajstić information content (AvgIpc) is 3.58. The molecule has 2 aromatic rings. The van der Waals surface area contributed by atoms with Crippen LogP contribution in [0.5, 0.6) is 0 Å². The van der Waals surface area contributed by atoms with Gasteiger partial charge in [0.15, 0.2) is 0 Å². The number of fused-ring (bicyclic) bond motifs is 4. The zero-order valence-electron chi connectivity index (χ0n) is 22.8. The molecule has 2 unspecified atom stereocenters. The van der Waals surface area contributed by atoms with E-state index in [1.807, 2.05) is 0 Å². The van der Waals surface area contributed by atoms with Gasteiger partial charge in [-0.2, -0.15) is 13.2 Å². The van der Waals surface area contributed by atoms with Crippen LogP contribution < -0.4 is 10.6 Å². The molecule has 3 saturated heterocycles. The monoisotopic (exact) mass is 546 g/mol. The molecular weight excluding hydrogens is 505 g/mol. The third kappa shape index (κ3) is 5.34. The maximum absolute atomic E-state index is 13.5. The number of carbonyl (C=O) groups excluding carboxylic acids is 1. The van der Waals surface area contributed by atoms with Crippen molar-refractivity contribution in [1.29, 1.82) is 0 Å². The van der Waals surface area contributed by atoms with Crippen LogP contribution in [0.4, 0.5) is 13.2 Å². The van der Waals surface area contributed by atoms with Gasteiger partial charge < -0.3 is 25.3 Å². The lowest BCUT2D eigenvalue weighted by Gasteiger charge is -2.45. The summed E-state index contributed by atoms with van der Waals surface area (Å²) in [6, 6.07) is 4.46. The number of nitrogens with one attached hydrogen (secondary N) is 3. The minimum atomic E-state index is -4.35. The predicted molar refractivity (Wildman–Crippen MR) is 145 cm³/mol. The zero-order chi connectivity index (χ0) is 27.2. The van der Waals surface area contributed by atoms with Crippen LogP contribution in [0.2, 0.25) is 0 Å². The molecule has 4 aliphatic rings. The van der Waals surface area contributed by atoms with E-state index in [0.29, 0.717) is 37.6 Å². The number of likely N-dealkylation sites (tertiary alicyclic amines) is 1. The minimum absolute atomic E-state index is 0.171. The van der Waals surface area contributed by atoms with Crippen molar-refractivity contribution in [2.75, 3.05) is 45.9 Å². The van der Waals surface area contributed by atoms with E-state index >= 15 is 0 Å². The van der Waals surface area contributed by atoms with E-state index in [1.165, 1.54) is 18.6 Å². The molecule has 0 saturated carbocycles. The number of hydrogen-bond donors (Lipinski definition) is 3. The summed E-state index contributed by atoms with van der Waals surface area (Å²) in [5.74, 6) is 1.27. The molecule has 1 aromatic carbocycles. The molecule has 4 heterocycles. The first-order chi connectivity index (χ1) is 18.7. The van der Waals surface area contributed by atoms with Crippen molar-refractivity contribution in [2.45, 2.75) is 70.0 Å². The quantitative estimate of drug-likeness (QED) is 0.485. The highest BCUT2D eigenvalue weighted by Crippen LogP contribution is 2.47. The Labute approximate surface area is 228 Å². The molecule has 214 valence electrons. The predicted octanol–water partition coefficient (Wildman–Crippen LogP) is 4.84. The first-order valence-electron chi connectivity index (χ1n) is 14.8. The van der Waals surface area contributed by atoms with Gasteiger partial charge in [0.2, 0.25) is 5.91 Å². The number of nitrogens with zero attached hydrogens (tertiary/aromatic N) is 1. The van der Waals surface area contributed by atoms with Gasteiger partial charge in [0, 0.05) is 48.9 Å². The van der Waals surface area contributed by atoms with Crippen molar-refractivity contribution in [3.05, 3.63) is 35.0 Å². The molecule has 6 nitrogen and oxygen atoms in total. The van der Waals surface area contributed by atoms with Crippen LogP contribution in [0.15, 0.2) is 18.2 Å². The molecular formula is C30H41F3N4O2. The normalized spacial score (nSPS) is 29.2. The van der Waals surface area contributed by atoms with Gasteiger partial charge in [0.1, 0.15) is 0 Å². The standard InChI is InChI=1S/C30H41F3N4O2/c1-19-24-18-37(12-7-29(8-13-39-14-9-29)28(38)35-17-22-3-2-10-34-22)11-6-20(24)15-26-27(19)23-16-21(30(31,32)33)4-5-25(23)36-26/h4-5,16,19-20,22,24,34,36H,2-3,6-15,17-18H2,1H3,(H,35,38)/t19-,20?,22?,24-/m1/s1. The summed E-state index contributed by atoms with van der Waals surface area (Å²) >= 11 is 0. The number of ether oxygens (including phenoxy) is 1. The number of aromatic nitrogens is 1. The third-order valence-electron chi connectivity index (χ3n) is 10.2. The summed E-state index contributed by atoms with van der Waals surface area (Å²) in [7, 11) is 0. The molecule has 3 aliphatic heterocycles. The van der Waals surface area contributed by atoms with E-state index in [-0.39, 0.29) is 17.2 Å². The van der Waals surface area contributed by atoms with Crippen molar-refractivity contribution >= 4 is 16.8 Å². The van der Waals surface area contributed by atoms with Crippen LogP contribution in [0.3, 0.4) is 0 Å². The molecule has 39 heavy (non-hydrogen) atoms. The maximum atomic E-state index is 13.5. The molecule has 1 aliphatic carbocycles. The molecule has 1 aromatic heterocycles. The number of aromatic amines is 1. The summed E-state index contributed by atoms with van der Waals surface area (Å²) in [5.41, 5.74) is 2.01. The Morgan fingerprint density at radius 1 is 1.23 bits per heavy atom. The second-order valence-electron chi connectivity index (χ2n) is 12.4. The molecule has 0 radical (unpaired) electrons. The summed E-state index contributed by atoms with van der Waals surface area (Å²) in [6.45, 7) is 7.95. The molecule has 3 N–H and O–H groups in total. The van der Waals surface area contributed by atoms with Crippen molar-refractivity contribution in [3.63, 3.8) is 0 Å². The topological polar surface area (TPSA) is 69.4 Å². The Hall–Kier alpha value is -2.10. The van der Waals surface area contributed by atoms with Gasteiger partial charge in [-0.3, -0.25) is 4.79 Å². The second kappa shape index (κ2) is 10.7. The van der Waals surface area contributed by atoms with Crippen LogP contribution in [0, 0.1) is 17.3 Å².